The number of halogens is 4. The van der Waals surface area contributed by atoms with Crippen LogP contribution in [0.5, 0.6) is 0 Å². The Kier molecular flexibility index (Phi) is 4.06. The highest BCUT2D eigenvalue weighted by Gasteiger charge is 2.30. The summed E-state index contributed by atoms with van der Waals surface area (Å²) in [5.41, 5.74) is -0.413. The average molecular weight is 306 g/mol. The maximum Gasteiger partial charge on any atom is 0.416 e. The van der Waals surface area contributed by atoms with Gasteiger partial charge in [0.05, 0.1) is 16.3 Å². The van der Waals surface area contributed by atoms with E-state index in [2.05, 4.69) is 5.32 Å². The van der Waals surface area contributed by atoms with Gasteiger partial charge in [0.15, 0.2) is 0 Å². The standard InChI is InChI=1S/C13H11ClF3NS/c1-8-2-4-10(19-8)7-18-12-6-9(13(15,16)17)3-5-11(12)14/h2-6,18H,7H2,1H3. The second kappa shape index (κ2) is 5.43. The fourth-order valence-electron chi connectivity index (χ4n) is 1.60. The second-order valence-corrected chi connectivity index (χ2v) is 5.84. The number of alkyl halides is 3. The van der Waals surface area contributed by atoms with Gasteiger partial charge in [0.25, 0.3) is 0 Å². The molecule has 0 radical (unpaired) electrons. The fourth-order valence-corrected chi connectivity index (χ4v) is 2.61. The lowest BCUT2D eigenvalue weighted by atomic mass is 10.2. The monoisotopic (exact) mass is 305 g/mol. The predicted octanol–water partition coefficient (Wildman–Crippen LogP) is 5.34. The van der Waals surface area contributed by atoms with E-state index in [1.807, 2.05) is 19.1 Å². The molecule has 0 bridgehead atoms. The molecular weight excluding hydrogens is 295 g/mol. The number of hydrogen-bond donors (Lipinski definition) is 1. The lowest BCUT2D eigenvalue weighted by Gasteiger charge is -2.11. The predicted molar refractivity (Wildman–Crippen MR) is 72.8 cm³/mol. The van der Waals surface area contributed by atoms with Crippen LogP contribution in [0.2, 0.25) is 5.02 Å². The zero-order chi connectivity index (χ0) is 14.0. The second-order valence-electron chi connectivity index (χ2n) is 4.06. The van der Waals surface area contributed by atoms with Crippen LogP contribution in [0.25, 0.3) is 0 Å². The summed E-state index contributed by atoms with van der Waals surface area (Å²) in [6.45, 7) is 2.44. The van der Waals surface area contributed by atoms with Gasteiger partial charge in [-0.15, -0.1) is 11.3 Å². The minimum Gasteiger partial charge on any atom is -0.379 e. The molecule has 0 fully saturated rings. The van der Waals surface area contributed by atoms with Gasteiger partial charge in [-0.3, -0.25) is 0 Å². The summed E-state index contributed by atoms with van der Waals surface area (Å²) in [5, 5.41) is 3.21. The smallest absolute Gasteiger partial charge is 0.379 e. The van der Waals surface area contributed by atoms with Gasteiger partial charge in [-0.1, -0.05) is 11.6 Å². The van der Waals surface area contributed by atoms with Gasteiger partial charge in [0, 0.05) is 16.3 Å². The highest BCUT2D eigenvalue weighted by Crippen LogP contribution is 2.34. The molecule has 0 saturated carbocycles. The van der Waals surface area contributed by atoms with E-state index in [0.29, 0.717) is 12.2 Å². The van der Waals surface area contributed by atoms with Crippen molar-refractivity contribution in [2.24, 2.45) is 0 Å². The highest BCUT2D eigenvalue weighted by atomic mass is 35.5. The molecule has 1 aromatic heterocycles. The number of nitrogens with one attached hydrogen (secondary N) is 1. The molecule has 19 heavy (non-hydrogen) atoms. The first-order chi connectivity index (χ1) is 8.86. The first-order valence-electron chi connectivity index (χ1n) is 5.52. The zero-order valence-electron chi connectivity index (χ0n) is 10.0. The lowest BCUT2D eigenvalue weighted by Crippen LogP contribution is -2.06. The zero-order valence-corrected chi connectivity index (χ0v) is 11.6. The van der Waals surface area contributed by atoms with Crippen molar-refractivity contribution in [2.75, 3.05) is 5.32 Å². The van der Waals surface area contributed by atoms with Crippen LogP contribution >= 0.6 is 22.9 Å². The molecule has 2 rings (SSSR count). The van der Waals surface area contributed by atoms with E-state index in [1.165, 1.54) is 6.07 Å². The molecule has 2 aromatic rings. The Hall–Kier alpha value is -1.20. The molecule has 0 atom stereocenters. The Morgan fingerprint density at radius 2 is 1.95 bits per heavy atom. The van der Waals surface area contributed by atoms with E-state index in [0.717, 1.165) is 21.9 Å². The topological polar surface area (TPSA) is 12.0 Å². The molecular formula is C13H11ClF3NS. The van der Waals surface area contributed by atoms with Crippen molar-refractivity contribution in [3.8, 4) is 0 Å². The molecule has 0 aliphatic carbocycles. The Morgan fingerprint density at radius 3 is 2.53 bits per heavy atom. The van der Waals surface area contributed by atoms with Crippen LogP contribution in [-0.2, 0) is 12.7 Å². The summed E-state index contributed by atoms with van der Waals surface area (Å²) in [6.07, 6.45) is -4.36. The van der Waals surface area contributed by atoms with Gasteiger partial charge in [-0.05, 0) is 37.3 Å². The van der Waals surface area contributed by atoms with E-state index >= 15 is 0 Å². The minimum absolute atomic E-state index is 0.279. The third-order valence-electron chi connectivity index (χ3n) is 2.54. The van der Waals surface area contributed by atoms with Crippen LogP contribution < -0.4 is 5.32 Å². The van der Waals surface area contributed by atoms with Crippen LogP contribution in [0.3, 0.4) is 0 Å². The molecule has 1 nitrogen and oxygen atoms in total. The van der Waals surface area contributed by atoms with Gasteiger partial charge >= 0.3 is 6.18 Å². The van der Waals surface area contributed by atoms with Crippen molar-refractivity contribution in [3.63, 3.8) is 0 Å². The summed E-state index contributed by atoms with van der Waals surface area (Å²) in [6, 6.07) is 7.17. The summed E-state index contributed by atoms with van der Waals surface area (Å²) in [7, 11) is 0. The maximum absolute atomic E-state index is 12.6. The van der Waals surface area contributed by atoms with Gasteiger partial charge in [-0.2, -0.15) is 13.2 Å². The molecule has 0 aliphatic rings. The van der Waals surface area contributed by atoms with Crippen LogP contribution in [0.15, 0.2) is 30.3 Å². The van der Waals surface area contributed by atoms with Crippen LogP contribution in [0.4, 0.5) is 18.9 Å². The van der Waals surface area contributed by atoms with E-state index in [4.69, 9.17) is 11.6 Å². The number of hydrogen-bond acceptors (Lipinski definition) is 2. The van der Waals surface area contributed by atoms with Crippen molar-refractivity contribution in [2.45, 2.75) is 19.6 Å². The molecule has 0 saturated heterocycles. The first-order valence-corrected chi connectivity index (χ1v) is 6.71. The largest absolute Gasteiger partial charge is 0.416 e. The normalized spacial score (nSPS) is 11.6. The van der Waals surface area contributed by atoms with Crippen molar-refractivity contribution in [3.05, 3.63) is 50.7 Å². The lowest BCUT2D eigenvalue weighted by molar-refractivity contribution is -0.137. The molecule has 1 N–H and O–H groups in total. The molecule has 1 heterocycles. The molecule has 0 amide bonds. The van der Waals surface area contributed by atoms with Crippen LogP contribution in [-0.4, -0.2) is 0 Å². The number of rotatable bonds is 3. The van der Waals surface area contributed by atoms with Gasteiger partial charge in [0.1, 0.15) is 0 Å². The Morgan fingerprint density at radius 1 is 1.21 bits per heavy atom. The van der Waals surface area contributed by atoms with Crippen LogP contribution in [0.1, 0.15) is 15.3 Å². The van der Waals surface area contributed by atoms with Gasteiger partial charge in [0.2, 0.25) is 0 Å². The summed E-state index contributed by atoms with van der Waals surface area (Å²) in [4.78, 5) is 2.21. The van der Waals surface area contributed by atoms with E-state index < -0.39 is 11.7 Å². The summed E-state index contributed by atoms with van der Waals surface area (Å²) >= 11 is 7.49. The molecule has 0 spiro atoms. The summed E-state index contributed by atoms with van der Waals surface area (Å²) < 4.78 is 37.8. The van der Waals surface area contributed by atoms with Crippen molar-refractivity contribution in [1.29, 1.82) is 0 Å². The van der Waals surface area contributed by atoms with E-state index in [9.17, 15) is 13.2 Å². The molecule has 0 aliphatic heterocycles. The molecule has 1 aromatic carbocycles. The third-order valence-corrected chi connectivity index (χ3v) is 3.87. The number of thiophene rings is 1. The van der Waals surface area contributed by atoms with Crippen LogP contribution in [0, 0.1) is 6.92 Å². The number of aryl methyl sites for hydroxylation is 1. The molecule has 102 valence electrons. The maximum atomic E-state index is 12.6. The molecule has 6 heteroatoms. The van der Waals surface area contributed by atoms with Gasteiger partial charge in [-0.25, -0.2) is 0 Å². The average Bonchev–Trinajstić information content (AvgIpc) is 2.72. The quantitative estimate of drug-likeness (QED) is 0.807. The van der Waals surface area contributed by atoms with E-state index in [1.54, 1.807) is 11.3 Å². The molecule has 0 unspecified atom stereocenters. The Balaban J connectivity index is 2.15. The van der Waals surface area contributed by atoms with E-state index in [-0.39, 0.29) is 5.02 Å². The first kappa shape index (κ1) is 14.2. The number of benzene rings is 1. The Bertz CT molecular complexity index is 578. The third kappa shape index (κ3) is 3.64. The fraction of sp³-hybridized carbons (Fsp3) is 0.231. The minimum atomic E-state index is -4.36. The SMILES string of the molecule is Cc1ccc(CNc2cc(C(F)(F)F)ccc2Cl)s1. The summed E-state index contributed by atoms with van der Waals surface area (Å²) in [5.74, 6) is 0. The van der Waals surface area contributed by atoms with Crippen molar-refractivity contribution < 1.29 is 13.2 Å². The highest BCUT2D eigenvalue weighted by molar-refractivity contribution is 7.11. The van der Waals surface area contributed by atoms with Gasteiger partial charge < -0.3 is 5.32 Å². The van der Waals surface area contributed by atoms with Crippen molar-refractivity contribution in [1.82, 2.24) is 0 Å². The number of anilines is 1. The Labute approximate surface area is 118 Å². The van der Waals surface area contributed by atoms with Crippen molar-refractivity contribution >= 4 is 28.6 Å².